The number of aliphatic hydroxyl groups is 1. The number of hydrogen-bond acceptors (Lipinski definition) is 6. The van der Waals surface area contributed by atoms with E-state index < -0.39 is 36.8 Å². The Labute approximate surface area is 212 Å². The predicted molar refractivity (Wildman–Crippen MR) is 125 cm³/mol. The zero-order chi connectivity index (χ0) is 26.9. The largest absolute Gasteiger partial charge is 0.494 e. The summed E-state index contributed by atoms with van der Waals surface area (Å²) in [5, 5.41) is 19.2. The molecule has 9 nitrogen and oxygen atoms in total. The molecule has 0 fully saturated rings. The molecular formula is C23H21ClF4N6O3. The summed E-state index contributed by atoms with van der Waals surface area (Å²) in [6.45, 7) is 0.442. The zero-order valence-corrected chi connectivity index (χ0v) is 20.3. The maximum atomic E-state index is 14.0. The van der Waals surface area contributed by atoms with Crippen LogP contribution in [0.4, 0.5) is 17.6 Å². The molecule has 2 aromatic carbocycles. The molecule has 1 unspecified atom stereocenters. The highest BCUT2D eigenvalue weighted by Gasteiger charge is 2.29. The maximum Gasteiger partial charge on any atom is 0.390 e. The van der Waals surface area contributed by atoms with E-state index in [0.29, 0.717) is 10.6 Å². The number of benzene rings is 2. The van der Waals surface area contributed by atoms with Crippen molar-refractivity contribution in [2.45, 2.75) is 38.7 Å². The Bertz CT molecular complexity index is 1460. The molecule has 2 aromatic heterocycles. The van der Waals surface area contributed by atoms with Crippen LogP contribution in [-0.2, 0) is 13.1 Å². The standard InChI is InChI=1S/C23H21ClF4N6O3/c1-13(35)20-29-19(30-34(20)17-11-16(25)7-8-18(17)37-2)12-33-22(36)32(10-9-23(26,27)28)21(31-33)14-3-5-15(24)6-4-14/h3-8,11,13,35H,9-10,12H2,1-2H3. The average molecular weight is 541 g/mol. The number of ether oxygens (including phenoxy) is 1. The molecule has 0 saturated heterocycles. The molecule has 0 amide bonds. The van der Waals surface area contributed by atoms with Crippen LogP contribution in [0.2, 0.25) is 5.02 Å². The molecule has 4 rings (SSSR count). The van der Waals surface area contributed by atoms with Gasteiger partial charge in [0.2, 0.25) is 0 Å². The Balaban J connectivity index is 1.77. The molecule has 14 heteroatoms. The lowest BCUT2D eigenvalue weighted by Gasteiger charge is -2.11. The summed E-state index contributed by atoms with van der Waals surface area (Å²) >= 11 is 5.91. The third-order valence-corrected chi connectivity index (χ3v) is 5.61. The van der Waals surface area contributed by atoms with E-state index in [1.54, 1.807) is 0 Å². The minimum Gasteiger partial charge on any atom is -0.494 e. The Kier molecular flexibility index (Phi) is 7.37. The van der Waals surface area contributed by atoms with Gasteiger partial charge < -0.3 is 9.84 Å². The molecule has 0 bridgehead atoms. The third kappa shape index (κ3) is 5.83. The van der Waals surface area contributed by atoms with Crippen LogP contribution in [0.3, 0.4) is 0 Å². The predicted octanol–water partition coefficient (Wildman–Crippen LogP) is 4.15. The molecule has 37 heavy (non-hydrogen) atoms. The van der Waals surface area contributed by atoms with Crippen LogP contribution in [0.5, 0.6) is 5.75 Å². The van der Waals surface area contributed by atoms with Crippen molar-refractivity contribution in [2.24, 2.45) is 0 Å². The van der Waals surface area contributed by atoms with Crippen molar-refractivity contribution in [3.8, 4) is 22.8 Å². The minimum atomic E-state index is -4.49. The highest BCUT2D eigenvalue weighted by atomic mass is 35.5. The highest BCUT2D eigenvalue weighted by molar-refractivity contribution is 6.30. The lowest BCUT2D eigenvalue weighted by atomic mass is 10.2. The van der Waals surface area contributed by atoms with Gasteiger partial charge in [-0.15, -0.1) is 10.2 Å². The number of methoxy groups -OCH3 is 1. The van der Waals surface area contributed by atoms with Crippen molar-refractivity contribution >= 4 is 11.6 Å². The van der Waals surface area contributed by atoms with Crippen molar-refractivity contribution in [1.82, 2.24) is 29.1 Å². The van der Waals surface area contributed by atoms with Crippen LogP contribution in [0.25, 0.3) is 17.1 Å². The number of nitrogens with zero attached hydrogens (tertiary/aromatic N) is 6. The Morgan fingerprint density at radius 3 is 2.46 bits per heavy atom. The van der Waals surface area contributed by atoms with Crippen molar-refractivity contribution in [2.75, 3.05) is 7.11 Å². The number of halogens is 5. The lowest BCUT2D eigenvalue weighted by Crippen LogP contribution is -2.27. The summed E-state index contributed by atoms with van der Waals surface area (Å²) in [6.07, 6.45) is -6.87. The van der Waals surface area contributed by atoms with Crippen molar-refractivity contribution in [1.29, 1.82) is 0 Å². The van der Waals surface area contributed by atoms with Gasteiger partial charge in [-0.25, -0.2) is 23.5 Å². The van der Waals surface area contributed by atoms with Gasteiger partial charge in [-0.1, -0.05) is 11.6 Å². The van der Waals surface area contributed by atoms with Gasteiger partial charge in [0.25, 0.3) is 0 Å². The van der Waals surface area contributed by atoms with Gasteiger partial charge in [0.15, 0.2) is 17.5 Å². The van der Waals surface area contributed by atoms with Gasteiger partial charge in [0, 0.05) is 23.2 Å². The third-order valence-electron chi connectivity index (χ3n) is 5.35. The number of hydrogen-bond donors (Lipinski definition) is 1. The minimum absolute atomic E-state index is 0.00689. The fourth-order valence-electron chi connectivity index (χ4n) is 3.64. The van der Waals surface area contributed by atoms with Crippen LogP contribution in [0.15, 0.2) is 47.3 Å². The summed E-state index contributed by atoms with van der Waals surface area (Å²) in [5.41, 5.74) is -0.274. The van der Waals surface area contributed by atoms with Crippen LogP contribution < -0.4 is 10.4 Å². The molecule has 1 atom stereocenters. The van der Waals surface area contributed by atoms with E-state index in [4.69, 9.17) is 16.3 Å². The van der Waals surface area contributed by atoms with E-state index in [-0.39, 0.29) is 35.5 Å². The monoisotopic (exact) mass is 540 g/mol. The first-order chi connectivity index (χ1) is 17.5. The smallest absolute Gasteiger partial charge is 0.390 e. The van der Waals surface area contributed by atoms with Crippen LogP contribution in [0, 0.1) is 5.82 Å². The molecule has 0 aliphatic rings. The van der Waals surface area contributed by atoms with E-state index >= 15 is 0 Å². The molecule has 2 heterocycles. The molecule has 0 aliphatic heterocycles. The number of alkyl halides is 3. The quantitative estimate of drug-likeness (QED) is 0.337. The van der Waals surface area contributed by atoms with Crippen LogP contribution in [0.1, 0.15) is 31.1 Å². The molecule has 0 aliphatic carbocycles. The lowest BCUT2D eigenvalue weighted by molar-refractivity contribution is -0.136. The van der Waals surface area contributed by atoms with Gasteiger partial charge in [-0.05, 0) is 43.3 Å². The first-order valence-electron chi connectivity index (χ1n) is 10.9. The topological polar surface area (TPSA) is 100.0 Å². The van der Waals surface area contributed by atoms with Crippen molar-refractivity contribution in [3.05, 3.63) is 75.4 Å². The summed E-state index contributed by atoms with van der Waals surface area (Å²) in [5.74, 6) is -0.295. The molecule has 0 radical (unpaired) electrons. The van der Waals surface area contributed by atoms with Gasteiger partial charge >= 0.3 is 11.9 Å². The van der Waals surface area contributed by atoms with Crippen molar-refractivity contribution < 1.29 is 27.4 Å². The van der Waals surface area contributed by atoms with E-state index in [1.807, 2.05) is 0 Å². The molecule has 1 N–H and O–H groups in total. The Morgan fingerprint density at radius 2 is 1.84 bits per heavy atom. The second kappa shape index (κ2) is 10.3. The SMILES string of the molecule is COc1ccc(F)cc1-n1nc(Cn2nc(-c3ccc(Cl)cc3)n(CCC(F)(F)F)c2=O)nc1C(C)O. The fraction of sp³-hybridized carbons (Fsp3) is 0.304. The molecule has 4 aromatic rings. The maximum absolute atomic E-state index is 14.0. The molecule has 0 spiro atoms. The van der Waals surface area contributed by atoms with Gasteiger partial charge in [-0.2, -0.15) is 13.2 Å². The van der Waals surface area contributed by atoms with E-state index in [9.17, 15) is 27.5 Å². The van der Waals surface area contributed by atoms with E-state index in [2.05, 4.69) is 15.2 Å². The summed E-state index contributed by atoms with van der Waals surface area (Å²) in [4.78, 5) is 17.3. The molecular weight excluding hydrogens is 520 g/mol. The first kappa shape index (κ1) is 26.4. The summed E-state index contributed by atoms with van der Waals surface area (Å²) in [6, 6.07) is 9.83. The second-order valence-corrected chi connectivity index (χ2v) is 8.51. The zero-order valence-electron chi connectivity index (χ0n) is 19.6. The Morgan fingerprint density at radius 1 is 1.14 bits per heavy atom. The number of aromatic nitrogens is 6. The van der Waals surface area contributed by atoms with Crippen molar-refractivity contribution in [3.63, 3.8) is 0 Å². The average Bonchev–Trinajstić information content (AvgIpc) is 3.39. The molecule has 0 saturated carbocycles. The van der Waals surface area contributed by atoms with Crippen LogP contribution >= 0.6 is 11.6 Å². The normalized spacial score (nSPS) is 12.6. The van der Waals surface area contributed by atoms with Gasteiger partial charge in [0.05, 0.1) is 13.5 Å². The number of aliphatic hydroxyl groups excluding tert-OH is 1. The number of rotatable bonds is 8. The first-order valence-corrected chi connectivity index (χ1v) is 11.3. The second-order valence-electron chi connectivity index (χ2n) is 8.08. The van der Waals surface area contributed by atoms with Gasteiger partial charge in [0.1, 0.15) is 29.9 Å². The van der Waals surface area contributed by atoms with E-state index in [0.717, 1.165) is 15.3 Å². The van der Waals surface area contributed by atoms with Gasteiger partial charge in [-0.3, -0.25) is 4.57 Å². The highest BCUT2D eigenvalue weighted by Crippen LogP contribution is 2.27. The van der Waals surface area contributed by atoms with Crippen LogP contribution in [-0.4, -0.2) is 47.5 Å². The van der Waals surface area contributed by atoms with E-state index in [1.165, 1.54) is 55.1 Å². The molecule has 196 valence electrons. The summed E-state index contributed by atoms with van der Waals surface area (Å²) in [7, 11) is 1.38. The Hall–Kier alpha value is -3.71. The fourth-order valence-corrected chi connectivity index (χ4v) is 3.77. The summed E-state index contributed by atoms with van der Waals surface area (Å²) < 4.78 is 61.1.